The molecule has 0 unspecified atom stereocenters. The molecule has 0 saturated heterocycles. The highest BCUT2D eigenvalue weighted by Gasteiger charge is 1.89. The molecule has 12 heavy (non-hydrogen) atoms. The maximum Gasteiger partial charge on any atom is 0.414 e. The van der Waals surface area contributed by atoms with Crippen LogP contribution in [0, 0.1) is 0 Å². The number of pyridine rings is 1. The molecule has 0 aliphatic heterocycles. The maximum atomic E-state index is 8.24. The molecule has 2 rings (SSSR count). The van der Waals surface area contributed by atoms with E-state index < -0.39 is 0 Å². The van der Waals surface area contributed by atoms with E-state index in [0.29, 0.717) is 6.47 Å². The molecule has 2 aromatic rings. The van der Waals surface area contributed by atoms with Crippen LogP contribution in [0.3, 0.4) is 0 Å². The van der Waals surface area contributed by atoms with Crippen LogP contribution in [-0.2, 0) is 4.79 Å². The lowest BCUT2D eigenvalue weighted by atomic mass is 10.3. The number of hydrogen-bond donors (Lipinski definition) is 2. The molecular formula is C7H6N3O2. The van der Waals surface area contributed by atoms with Crippen LogP contribution >= 0.6 is 0 Å². The molecule has 0 spiro atoms. The van der Waals surface area contributed by atoms with E-state index in [1.54, 1.807) is 18.6 Å². The summed E-state index contributed by atoms with van der Waals surface area (Å²) in [5, 5.41) is 14.5. The first-order valence-corrected chi connectivity index (χ1v) is 3.13. The molecule has 0 aliphatic rings. The van der Waals surface area contributed by atoms with Gasteiger partial charge in [-0.15, -0.1) is 0 Å². The average Bonchev–Trinajstić information content (AvgIpc) is 2.52. The number of H-pyrrole nitrogens is 1. The largest absolute Gasteiger partial charge is 0.473 e. The van der Waals surface area contributed by atoms with E-state index in [2.05, 4.69) is 15.2 Å². The second-order valence-corrected chi connectivity index (χ2v) is 1.92. The summed E-state index contributed by atoms with van der Waals surface area (Å²) in [4.78, 5) is 12.1. The first-order chi connectivity index (χ1) is 5.88. The van der Waals surface area contributed by atoms with Gasteiger partial charge in [0.05, 0.1) is 17.9 Å². The van der Waals surface area contributed by atoms with Gasteiger partial charge in [0.2, 0.25) is 0 Å². The summed E-state index contributed by atoms with van der Waals surface area (Å²) in [7, 11) is 0. The van der Waals surface area contributed by atoms with Crippen molar-refractivity contribution >= 4 is 17.4 Å². The van der Waals surface area contributed by atoms with E-state index in [-0.39, 0.29) is 0 Å². The normalized spacial score (nSPS) is 8.67. The van der Waals surface area contributed by atoms with Gasteiger partial charge in [0.15, 0.2) is 0 Å². The minimum atomic E-state index is 0.500. The first kappa shape index (κ1) is 8.19. The zero-order chi connectivity index (χ0) is 8.81. The fraction of sp³-hybridized carbons (Fsp3) is 0. The number of nitrogens with zero attached hydrogens (tertiary/aromatic N) is 2. The lowest BCUT2D eigenvalue weighted by molar-refractivity contribution is 0.437. The smallest absolute Gasteiger partial charge is 0.414 e. The first-order valence-electron chi connectivity index (χ1n) is 3.13. The minimum Gasteiger partial charge on any atom is -0.473 e. The molecule has 0 saturated carbocycles. The number of rotatable bonds is 0. The molecule has 0 atom stereocenters. The van der Waals surface area contributed by atoms with Gasteiger partial charge in [-0.2, -0.15) is 5.10 Å². The van der Waals surface area contributed by atoms with Crippen LogP contribution in [0.15, 0.2) is 24.7 Å². The fourth-order valence-electron chi connectivity index (χ4n) is 0.783. The number of nitrogens with one attached hydrogen (secondary N) is 1. The topological polar surface area (TPSA) is 78.9 Å². The summed E-state index contributed by atoms with van der Waals surface area (Å²) in [5.41, 5.74) is 0.984. The zero-order valence-corrected chi connectivity index (χ0v) is 6.06. The fourth-order valence-corrected chi connectivity index (χ4v) is 0.783. The molecule has 0 amide bonds. The van der Waals surface area contributed by atoms with Crippen LogP contribution in [0.1, 0.15) is 0 Å². The Bertz CT molecular complexity index is 328. The predicted octanol–water partition coefficient (Wildman–Crippen LogP) is 0.569. The Labute approximate surface area is 68.1 Å². The van der Waals surface area contributed by atoms with E-state index in [9.17, 15) is 0 Å². The van der Waals surface area contributed by atoms with Crippen LogP contribution in [0.5, 0.6) is 0 Å². The van der Waals surface area contributed by atoms with E-state index in [4.69, 9.17) is 9.90 Å². The molecule has 61 valence electrons. The molecular weight excluding hydrogens is 158 g/mol. The predicted molar refractivity (Wildman–Crippen MR) is 42.2 cm³/mol. The molecule has 5 nitrogen and oxygen atoms in total. The number of aromatic nitrogens is 3. The van der Waals surface area contributed by atoms with E-state index >= 15 is 0 Å². The molecule has 0 bridgehead atoms. The lowest BCUT2D eigenvalue weighted by Gasteiger charge is -1.80. The van der Waals surface area contributed by atoms with Crippen LogP contribution in [0.2, 0.25) is 0 Å². The van der Waals surface area contributed by atoms with Crippen molar-refractivity contribution in [2.75, 3.05) is 0 Å². The van der Waals surface area contributed by atoms with Crippen molar-refractivity contribution in [3.8, 4) is 0 Å². The van der Waals surface area contributed by atoms with Crippen LogP contribution in [0.25, 0.3) is 10.9 Å². The van der Waals surface area contributed by atoms with E-state index in [1.807, 2.05) is 6.07 Å². The van der Waals surface area contributed by atoms with Crippen molar-refractivity contribution in [2.45, 2.75) is 0 Å². The lowest BCUT2D eigenvalue weighted by Crippen LogP contribution is -1.69. The van der Waals surface area contributed by atoms with Gasteiger partial charge in [-0.05, 0) is 6.07 Å². The summed E-state index contributed by atoms with van der Waals surface area (Å²) < 4.78 is 0. The minimum absolute atomic E-state index is 0.500. The number of hydrogen-bond acceptors (Lipinski definition) is 3. The third-order valence-corrected chi connectivity index (χ3v) is 1.24. The third-order valence-electron chi connectivity index (χ3n) is 1.24. The average molecular weight is 164 g/mol. The SMILES string of the molecule is O=[C]O.c1cc2cn[nH]c2cn1. The molecule has 0 fully saturated rings. The summed E-state index contributed by atoms with van der Waals surface area (Å²) in [6, 6.07) is 1.92. The molecule has 2 aromatic heterocycles. The van der Waals surface area contributed by atoms with Crippen molar-refractivity contribution < 1.29 is 9.90 Å². The van der Waals surface area contributed by atoms with Gasteiger partial charge in [-0.3, -0.25) is 10.1 Å². The quantitative estimate of drug-likeness (QED) is 0.596. The molecule has 2 heterocycles. The number of aliphatic hydroxyl groups excluding tert-OH is 1. The summed E-state index contributed by atoms with van der Waals surface area (Å²) in [5.74, 6) is 0. The van der Waals surface area contributed by atoms with E-state index in [1.165, 1.54) is 0 Å². The highest BCUT2D eigenvalue weighted by atomic mass is 16.3. The van der Waals surface area contributed by atoms with Crippen molar-refractivity contribution in [3.63, 3.8) is 0 Å². The van der Waals surface area contributed by atoms with Crippen LogP contribution in [0.4, 0.5) is 0 Å². The van der Waals surface area contributed by atoms with Crippen molar-refractivity contribution in [1.82, 2.24) is 15.2 Å². The Hall–Kier alpha value is -1.91. The Morgan fingerprint density at radius 2 is 2.25 bits per heavy atom. The van der Waals surface area contributed by atoms with Crippen molar-refractivity contribution in [1.29, 1.82) is 0 Å². The van der Waals surface area contributed by atoms with Crippen LogP contribution in [-0.4, -0.2) is 26.8 Å². The second kappa shape index (κ2) is 4.07. The van der Waals surface area contributed by atoms with Crippen LogP contribution < -0.4 is 0 Å². The third kappa shape index (κ3) is 1.79. The monoisotopic (exact) mass is 164 g/mol. The standard InChI is InChI=1S/C6H5N3.CHO2/c1-2-7-4-6-5(1)3-8-9-6;2-1-3/h1-4H,(H,8,9);(H,2,3). The highest BCUT2D eigenvalue weighted by Crippen LogP contribution is 2.04. The van der Waals surface area contributed by atoms with Gasteiger partial charge in [-0.1, -0.05) is 0 Å². The summed E-state index contributed by atoms with van der Waals surface area (Å²) in [6.07, 6.45) is 5.28. The Kier molecular flexibility index (Phi) is 2.78. The van der Waals surface area contributed by atoms with Gasteiger partial charge in [0.1, 0.15) is 0 Å². The Balaban J connectivity index is 0.000000213. The van der Waals surface area contributed by atoms with Crippen molar-refractivity contribution in [2.24, 2.45) is 0 Å². The number of fused-ring (bicyclic) bond motifs is 1. The van der Waals surface area contributed by atoms with Gasteiger partial charge in [0.25, 0.3) is 0 Å². The Morgan fingerprint density at radius 3 is 2.92 bits per heavy atom. The number of aromatic amines is 1. The molecule has 0 aliphatic carbocycles. The molecule has 2 N–H and O–H groups in total. The van der Waals surface area contributed by atoms with Gasteiger partial charge in [0, 0.05) is 11.6 Å². The molecule has 0 aromatic carbocycles. The van der Waals surface area contributed by atoms with E-state index in [0.717, 1.165) is 10.9 Å². The van der Waals surface area contributed by atoms with Gasteiger partial charge >= 0.3 is 6.47 Å². The molecule has 1 radical (unpaired) electrons. The molecule has 5 heteroatoms. The van der Waals surface area contributed by atoms with Crippen molar-refractivity contribution in [3.05, 3.63) is 24.7 Å². The Morgan fingerprint density at radius 1 is 1.50 bits per heavy atom. The van der Waals surface area contributed by atoms with Gasteiger partial charge < -0.3 is 5.11 Å². The zero-order valence-electron chi connectivity index (χ0n) is 6.06. The second-order valence-electron chi connectivity index (χ2n) is 1.92. The summed E-state index contributed by atoms with van der Waals surface area (Å²) in [6.45, 7) is 0.500. The van der Waals surface area contributed by atoms with Gasteiger partial charge in [-0.25, -0.2) is 4.79 Å². The maximum absolute atomic E-state index is 8.24. The summed E-state index contributed by atoms with van der Waals surface area (Å²) >= 11 is 0. The highest BCUT2D eigenvalue weighted by molar-refractivity contribution is 5.76.